The predicted molar refractivity (Wildman–Crippen MR) is 110 cm³/mol. The molecule has 1 aliphatic carbocycles. The predicted octanol–water partition coefficient (Wildman–Crippen LogP) is 2.02. The summed E-state index contributed by atoms with van der Waals surface area (Å²) in [6.45, 7) is 10.5. The summed E-state index contributed by atoms with van der Waals surface area (Å²) in [5.74, 6) is -3.95. The zero-order chi connectivity index (χ0) is 23.8. The second-order valence-corrected chi connectivity index (χ2v) is 8.70. The number of carbonyl (C=O) groups excluding carboxylic acids is 4. The number of methoxy groups -OCH3 is 1. The number of ether oxygens (including phenoxy) is 5. The summed E-state index contributed by atoms with van der Waals surface area (Å²) in [6.07, 6.45) is -0.720. The molecule has 0 aromatic carbocycles. The lowest BCUT2D eigenvalue weighted by atomic mass is 9.80. The van der Waals surface area contributed by atoms with Crippen LogP contribution in [0, 0.1) is 11.8 Å². The number of epoxide rings is 1. The number of hydrogen-bond donors (Lipinski definition) is 0. The summed E-state index contributed by atoms with van der Waals surface area (Å²) in [6, 6.07) is 0. The highest BCUT2D eigenvalue weighted by atomic mass is 16.7. The Morgan fingerprint density at radius 2 is 2.00 bits per heavy atom. The topological polar surface area (TPSA) is 118 Å². The van der Waals surface area contributed by atoms with Gasteiger partial charge in [0.05, 0.1) is 30.1 Å². The Hall–Kier alpha value is -2.68. The van der Waals surface area contributed by atoms with Crippen molar-refractivity contribution < 1.29 is 42.9 Å². The smallest absolute Gasteiger partial charge is 0.337 e. The molecular weight excluding hydrogens is 420 g/mol. The molecule has 0 saturated carbocycles. The van der Waals surface area contributed by atoms with Crippen LogP contribution in [0.25, 0.3) is 0 Å². The zero-order valence-corrected chi connectivity index (χ0v) is 19.0. The van der Waals surface area contributed by atoms with Crippen LogP contribution in [0.15, 0.2) is 23.8 Å². The van der Waals surface area contributed by atoms with Crippen molar-refractivity contribution in [1.29, 1.82) is 0 Å². The van der Waals surface area contributed by atoms with Crippen LogP contribution in [-0.2, 0) is 42.9 Å². The Kier molecular flexibility index (Phi) is 6.78. The van der Waals surface area contributed by atoms with Crippen molar-refractivity contribution in [3.8, 4) is 0 Å². The fourth-order valence-electron chi connectivity index (χ4n) is 4.29. The van der Waals surface area contributed by atoms with Crippen LogP contribution in [0.5, 0.6) is 0 Å². The van der Waals surface area contributed by atoms with E-state index in [1.165, 1.54) is 14.0 Å². The maximum atomic E-state index is 12.8. The molecular formula is C23H30O9. The maximum absolute atomic E-state index is 12.8. The first-order valence-corrected chi connectivity index (χ1v) is 10.8. The van der Waals surface area contributed by atoms with Gasteiger partial charge in [-0.15, -0.1) is 0 Å². The number of fused-ring (bicyclic) bond motifs is 3. The fourth-order valence-corrected chi connectivity index (χ4v) is 4.29. The molecule has 7 atom stereocenters. The SMILES string of the molecule is C=C1C(=O)O[C@H]2[C@H]1[C@H](OC(=O)[C@@H](C)CC)[C@@H](OC(C)=O)/C(C(=O)OC)=C\CC[C@@]1(C)O[C@@H]21. The molecule has 0 unspecified atom stereocenters. The highest BCUT2D eigenvalue weighted by molar-refractivity contribution is 5.92. The summed E-state index contributed by atoms with van der Waals surface area (Å²) < 4.78 is 27.7. The van der Waals surface area contributed by atoms with Crippen molar-refractivity contribution >= 4 is 23.9 Å². The van der Waals surface area contributed by atoms with E-state index >= 15 is 0 Å². The fraction of sp³-hybridized carbons (Fsp3) is 0.652. The molecule has 2 heterocycles. The summed E-state index contributed by atoms with van der Waals surface area (Å²) in [5.41, 5.74) is -0.486. The Morgan fingerprint density at radius 3 is 2.59 bits per heavy atom. The normalized spacial score (nSPS) is 36.4. The maximum Gasteiger partial charge on any atom is 0.337 e. The summed E-state index contributed by atoms with van der Waals surface area (Å²) >= 11 is 0. The minimum Gasteiger partial charge on any atom is -0.466 e. The first-order valence-electron chi connectivity index (χ1n) is 10.8. The van der Waals surface area contributed by atoms with Crippen LogP contribution in [0.1, 0.15) is 47.0 Å². The number of hydrogen-bond acceptors (Lipinski definition) is 9. The Morgan fingerprint density at radius 1 is 1.31 bits per heavy atom. The van der Waals surface area contributed by atoms with E-state index in [2.05, 4.69) is 6.58 Å². The van der Waals surface area contributed by atoms with E-state index in [1.807, 2.05) is 13.8 Å². The standard InChI is InChI=1S/C23H30O9/c1-7-11(2)20(25)30-17-15-12(3)21(26)31-18(15)19-23(5,32-19)10-8-9-14(22(27)28-6)16(17)29-13(4)24/h9,11,15-19H,3,7-8,10H2,1-2,4-6H3/b14-9+/t11-,15+,16-,17-,18-,19-,23+/m0/s1. The molecule has 0 N–H and O–H groups in total. The highest BCUT2D eigenvalue weighted by Crippen LogP contribution is 2.50. The van der Waals surface area contributed by atoms with Crippen molar-refractivity contribution in [3.05, 3.63) is 23.8 Å². The molecule has 9 nitrogen and oxygen atoms in total. The average molecular weight is 450 g/mol. The minimum absolute atomic E-state index is 0.0262. The molecule has 2 aliphatic heterocycles. The molecule has 0 bridgehead atoms. The molecule has 2 saturated heterocycles. The monoisotopic (exact) mass is 450 g/mol. The summed E-state index contributed by atoms with van der Waals surface area (Å²) in [7, 11) is 1.21. The molecule has 0 aromatic rings. The number of esters is 4. The van der Waals surface area contributed by atoms with E-state index in [-0.39, 0.29) is 11.1 Å². The van der Waals surface area contributed by atoms with Gasteiger partial charge >= 0.3 is 23.9 Å². The van der Waals surface area contributed by atoms with E-state index in [0.717, 1.165) is 0 Å². The van der Waals surface area contributed by atoms with E-state index in [9.17, 15) is 19.2 Å². The number of rotatable bonds is 5. The lowest BCUT2D eigenvalue weighted by Gasteiger charge is -2.34. The molecule has 0 amide bonds. The molecule has 176 valence electrons. The lowest BCUT2D eigenvalue weighted by molar-refractivity contribution is -0.174. The van der Waals surface area contributed by atoms with E-state index in [4.69, 9.17) is 23.7 Å². The van der Waals surface area contributed by atoms with Crippen molar-refractivity contribution in [2.75, 3.05) is 7.11 Å². The van der Waals surface area contributed by atoms with Gasteiger partial charge in [0.2, 0.25) is 0 Å². The van der Waals surface area contributed by atoms with Crippen molar-refractivity contribution in [2.45, 2.75) is 77.0 Å². The molecule has 2 fully saturated rings. The Balaban J connectivity index is 2.15. The molecule has 0 spiro atoms. The van der Waals surface area contributed by atoms with Gasteiger partial charge < -0.3 is 23.7 Å². The van der Waals surface area contributed by atoms with E-state index < -0.39 is 65.7 Å². The summed E-state index contributed by atoms with van der Waals surface area (Å²) in [4.78, 5) is 50.0. The third-order valence-corrected chi connectivity index (χ3v) is 6.45. The molecule has 3 aliphatic rings. The molecule has 0 radical (unpaired) electrons. The molecule has 32 heavy (non-hydrogen) atoms. The summed E-state index contributed by atoms with van der Waals surface area (Å²) in [5, 5.41) is 0. The molecule has 0 aromatic heterocycles. The van der Waals surface area contributed by atoms with Gasteiger partial charge in [0.25, 0.3) is 0 Å². The van der Waals surface area contributed by atoms with Crippen LogP contribution in [0.3, 0.4) is 0 Å². The van der Waals surface area contributed by atoms with Gasteiger partial charge in [-0.3, -0.25) is 9.59 Å². The van der Waals surface area contributed by atoms with Gasteiger partial charge in [-0.2, -0.15) is 0 Å². The van der Waals surface area contributed by atoms with Crippen molar-refractivity contribution in [3.63, 3.8) is 0 Å². The van der Waals surface area contributed by atoms with Gasteiger partial charge in [0, 0.05) is 12.5 Å². The second kappa shape index (κ2) is 9.05. The van der Waals surface area contributed by atoms with Crippen molar-refractivity contribution in [1.82, 2.24) is 0 Å². The quantitative estimate of drug-likeness (QED) is 0.268. The first-order chi connectivity index (χ1) is 15.0. The van der Waals surface area contributed by atoms with Gasteiger partial charge in [0.15, 0.2) is 12.2 Å². The number of allylic oxidation sites excluding steroid dienone is 1. The van der Waals surface area contributed by atoms with Crippen molar-refractivity contribution in [2.24, 2.45) is 11.8 Å². The first kappa shape index (κ1) is 24.0. The molecule has 9 heteroatoms. The van der Waals surface area contributed by atoms with Crippen LogP contribution in [0.2, 0.25) is 0 Å². The third kappa shape index (κ3) is 4.44. The van der Waals surface area contributed by atoms with Crippen LogP contribution < -0.4 is 0 Å². The van der Waals surface area contributed by atoms with Gasteiger partial charge in [-0.1, -0.05) is 26.5 Å². The third-order valence-electron chi connectivity index (χ3n) is 6.45. The van der Waals surface area contributed by atoms with E-state index in [1.54, 1.807) is 13.0 Å². The largest absolute Gasteiger partial charge is 0.466 e. The minimum atomic E-state index is -1.31. The van der Waals surface area contributed by atoms with Gasteiger partial charge in [-0.25, -0.2) is 9.59 Å². The second-order valence-electron chi connectivity index (χ2n) is 8.70. The van der Waals surface area contributed by atoms with Gasteiger partial charge in [0.1, 0.15) is 12.2 Å². The zero-order valence-electron chi connectivity index (χ0n) is 19.0. The average Bonchev–Trinajstić information content (AvgIpc) is 3.33. The Labute approximate surface area is 187 Å². The Bertz CT molecular complexity index is 860. The molecule has 3 rings (SSSR count). The van der Waals surface area contributed by atoms with Crippen LogP contribution in [0.4, 0.5) is 0 Å². The number of carbonyl (C=O) groups is 4. The lowest BCUT2D eigenvalue weighted by Crippen LogP contribution is -2.48. The van der Waals surface area contributed by atoms with Crippen LogP contribution >= 0.6 is 0 Å². The van der Waals surface area contributed by atoms with E-state index in [0.29, 0.717) is 19.3 Å². The van der Waals surface area contributed by atoms with Gasteiger partial charge in [-0.05, 0) is 26.2 Å². The highest BCUT2D eigenvalue weighted by Gasteiger charge is 2.64. The van der Waals surface area contributed by atoms with Crippen LogP contribution in [-0.4, -0.2) is 61.0 Å².